The first kappa shape index (κ1) is 19.6. The van der Waals surface area contributed by atoms with Crippen LogP contribution in [0.4, 0.5) is 0 Å². The lowest BCUT2D eigenvalue weighted by atomic mass is 9.83. The van der Waals surface area contributed by atoms with E-state index in [-0.39, 0.29) is 6.42 Å². The third kappa shape index (κ3) is 5.91. The second-order valence-electron chi connectivity index (χ2n) is 4.35. The van der Waals surface area contributed by atoms with Gasteiger partial charge in [-0.2, -0.15) is 0 Å². The van der Waals surface area contributed by atoms with Gasteiger partial charge in [-0.25, -0.2) is 0 Å². The first-order valence-corrected chi connectivity index (χ1v) is 6.81. The SMILES string of the molecule is C=C/C=C/C(C/C=C/C=C\CCC=O)(C(=O)OC)C(=O)OC. The molecule has 0 unspecified atom stereocenters. The van der Waals surface area contributed by atoms with Crippen molar-refractivity contribution < 1.29 is 23.9 Å². The summed E-state index contributed by atoms with van der Waals surface area (Å²) in [6.45, 7) is 3.52. The molecule has 0 aromatic rings. The summed E-state index contributed by atoms with van der Waals surface area (Å²) in [6.07, 6.45) is 13.4. The Morgan fingerprint density at radius 1 is 1.00 bits per heavy atom. The van der Waals surface area contributed by atoms with Gasteiger partial charge in [0.25, 0.3) is 0 Å². The molecule has 0 saturated carbocycles. The molecule has 0 heterocycles. The van der Waals surface area contributed by atoms with Gasteiger partial charge in [-0.3, -0.25) is 9.59 Å². The lowest BCUT2D eigenvalue weighted by molar-refractivity contribution is -0.164. The molecule has 22 heavy (non-hydrogen) atoms. The van der Waals surface area contributed by atoms with Crippen LogP contribution in [0.15, 0.2) is 49.1 Å². The van der Waals surface area contributed by atoms with Crippen LogP contribution >= 0.6 is 0 Å². The molecule has 0 aliphatic carbocycles. The number of carbonyl (C=O) groups excluding carboxylic acids is 3. The van der Waals surface area contributed by atoms with Crippen molar-refractivity contribution >= 4 is 18.2 Å². The number of carbonyl (C=O) groups is 3. The molecule has 0 rings (SSSR count). The van der Waals surface area contributed by atoms with Gasteiger partial charge in [0.05, 0.1) is 14.2 Å². The molecule has 0 saturated heterocycles. The number of methoxy groups -OCH3 is 2. The molecule has 0 spiro atoms. The zero-order chi connectivity index (χ0) is 16.8. The van der Waals surface area contributed by atoms with Gasteiger partial charge < -0.3 is 14.3 Å². The summed E-state index contributed by atoms with van der Waals surface area (Å²) in [5.74, 6) is -1.40. The van der Waals surface area contributed by atoms with Gasteiger partial charge in [-0.15, -0.1) is 0 Å². The summed E-state index contributed by atoms with van der Waals surface area (Å²) in [5, 5.41) is 0. The van der Waals surface area contributed by atoms with E-state index < -0.39 is 17.4 Å². The fourth-order valence-electron chi connectivity index (χ4n) is 1.72. The first-order chi connectivity index (χ1) is 10.6. The quantitative estimate of drug-likeness (QED) is 0.204. The Morgan fingerprint density at radius 2 is 1.59 bits per heavy atom. The highest BCUT2D eigenvalue weighted by atomic mass is 16.5. The standard InChI is InChI=1S/C17H22O5/c1-4-5-12-17(15(19)21-2,16(20)22-3)13-10-8-6-7-9-11-14-18/h4-8,10,12,14H,1,9,11,13H2,2-3H3/b7-6-,10-8+,12-5+. The molecular weight excluding hydrogens is 284 g/mol. The van der Waals surface area contributed by atoms with Crippen molar-refractivity contribution in [2.45, 2.75) is 19.3 Å². The van der Waals surface area contributed by atoms with Gasteiger partial charge in [0, 0.05) is 6.42 Å². The van der Waals surface area contributed by atoms with E-state index in [1.165, 1.54) is 32.4 Å². The molecule has 0 atom stereocenters. The van der Waals surface area contributed by atoms with Crippen LogP contribution in [0.2, 0.25) is 0 Å². The average molecular weight is 306 g/mol. The van der Waals surface area contributed by atoms with E-state index in [0.717, 1.165) is 6.29 Å². The second kappa shape index (κ2) is 11.3. The van der Waals surface area contributed by atoms with Crippen molar-refractivity contribution in [1.29, 1.82) is 0 Å². The number of hydrogen-bond donors (Lipinski definition) is 0. The van der Waals surface area contributed by atoms with Gasteiger partial charge in [0.2, 0.25) is 0 Å². The number of aldehydes is 1. The third-order valence-electron chi connectivity index (χ3n) is 2.89. The molecule has 0 fully saturated rings. The monoisotopic (exact) mass is 306 g/mol. The van der Waals surface area contributed by atoms with Crippen molar-refractivity contribution in [3.05, 3.63) is 49.1 Å². The lowest BCUT2D eigenvalue weighted by Crippen LogP contribution is -2.39. The third-order valence-corrected chi connectivity index (χ3v) is 2.89. The van der Waals surface area contributed by atoms with E-state index in [1.54, 1.807) is 18.2 Å². The summed E-state index contributed by atoms with van der Waals surface area (Å²) in [5.41, 5.74) is -1.54. The summed E-state index contributed by atoms with van der Waals surface area (Å²) in [7, 11) is 2.43. The van der Waals surface area contributed by atoms with E-state index in [2.05, 4.69) is 6.58 Å². The maximum absolute atomic E-state index is 12.0. The zero-order valence-electron chi connectivity index (χ0n) is 13.0. The van der Waals surface area contributed by atoms with Crippen LogP contribution in [0.1, 0.15) is 19.3 Å². The number of esters is 2. The number of ether oxygens (including phenoxy) is 2. The van der Waals surface area contributed by atoms with E-state index in [1.807, 2.05) is 6.08 Å². The molecule has 0 aliphatic rings. The Bertz CT molecular complexity index is 455. The summed E-state index contributed by atoms with van der Waals surface area (Å²) >= 11 is 0. The van der Waals surface area contributed by atoms with Crippen molar-refractivity contribution in [1.82, 2.24) is 0 Å². The van der Waals surface area contributed by atoms with Gasteiger partial charge in [-0.05, 0) is 12.8 Å². The fourth-order valence-corrected chi connectivity index (χ4v) is 1.72. The van der Waals surface area contributed by atoms with Gasteiger partial charge >= 0.3 is 11.9 Å². The largest absolute Gasteiger partial charge is 0.468 e. The van der Waals surface area contributed by atoms with Gasteiger partial charge in [-0.1, -0.05) is 49.1 Å². The average Bonchev–Trinajstić information content (AvgIpc) is 2.55. The molecule has 0 bridgehead atoms. The van der Waals surface area contributed by atoms with E-state index in [4.69, 9.17) is 9.47 Å². The minimum absolute atomic E-state index is 0.0920. The van der Waals surface area contributed by atoms with Crippen molar-refractivity contribution in [2.24, 2.45) is 5.41 Å². The highest BCUT2D eigenvalue weighted by Gasteiger charge is 2.45. The van der Waals surface area contributed by atoms with Crippen LogP contribution in [0.5, 0.6) is 0 Å². The van der Waals surface area contributed by atoms with E-state index >= 15 is 0 Å². The minimum Gasteiger partial charge on any atom is -0.468 e. The van der Waals surface area contributed by atoms with Crippen molar-refractivity contribution in [3.8, 4) is 0 Å². The predicted molar refractivity (Wildman–Crippen MR) is 84.0 cm³/mol. The Morgan fingerprint density at radius 3 is 2.09 bits per heavy atom. The number of allylic oxidation sites excluding steroid dienone is 6. The van der Waals surface area contributed by atoms with E-state index in [0.29, 0.717) is 12.8 Å². The maximum atomic E-state index is 12.0. The van der Waals surface area contributed by atoms with Crippen LogP contribution in [-0.4, -0.2) is 32.4 Å². The topological polar surface area (TPSA) is 69.7 Å². The smallest absolute Gasteiger partial charge is 0.327 e. The molecule has 0 aromatic carbocycles. The number of rotatable bonds is 10. The Hall–Kier alpha value is -2.43. The molecule has 0 aliphatic heterocycles. The highest BCUT2D eigenvalue weighted by Crippen LogP contribution is 2.28. The Labute approximate surface area is 131 Å². The minimum atomic E-state index is -1.54. The summed E-state index contributed by atoms with van der Waals surface area (Å²) in [6, 6.07) is 0. The molecule has 5 heteroatoms. The molecule has 0 amide bonds. The normalized spacial score (nSPS) is 11.9. The van der Waals surface area contributed by atoms with Crippen LogP contribution < -0.4 is 0 Å². The lowest BCUT2D eigenvalue weighted by Gasteiger charge is -2.23. The molecule has 120 valence electrons. The first-order valence-electron chi connectivity index (χ1n) is 6.81. The Balaban J connectivity index is 5.17. The maximum Gasteiger partial charge on any atom is 0.327 e. The molecule has 0 radical (unpaired) electrons. The molecular formula is C17H22O5. The predicted octanol–water partition coefficient (Wildman–Crippen LogP) is 2.54. The van der Waals surface area contributed by atoms with Crippen LogP contribution in [0.25, 0.3) is 0 Å². The Kier molecular flexibility index (Phi) is 10.0. The second-order valence-corrected chi connectivity index (χ2v) is 4.35. The van der Waals surface area contributed by atoms with Gasteiger partial charge in [0.1, 0.15) is 6.29 Å². The summed E-state index contributed by atoms with van der Waals surface area (Å²) in [4.78, 5) is 34.3. The molecule has 0 aromatic heterocycles. The van der Waals surface area contributed by atoms with E-state index in [9.17, 15) is 14.4 Å². The highest BCUT2D eigenvalue weighted by molar-refractivity contribution is 6.02. The molecule has 5 nitrogen and oxygen atoms in total. The molecule has 0 N–H and O–H groups in total. The van der Waals surface area contributed by atoms with Crippen LogP contribution in [0, 0.1) is 5.41 Å². The van der Waals surface area contributed by atoms with Gasteiger partial charge in [0.15, 0.2) is 5.41 Å². The fraction of sp³-hybridized carbons (Fsp3) is 0.353. The zero-order valence-corrected chi connectivity index (χ0v) is 13.0. The van der Waals surface area contributed by atoms with Crippen LogP contribution in [-0.2, 0) is 23.9 Å². The number of unbranched alkanes of at least 4 members (excludes halogenated alkanes) is 1. The summed E-state index contributed by atoms with van der Waals surface area (Å²) < 4.78 is 9.46. The number of hydrogen-bond acceptors (Lipinski definition) is 5. The van der Waals surface area contributed by atoms with Crippen molar-refractivity contribution in [2.75, 3.05) is 14.2 Å². The van der Waals surface area contributed by atoms with Crippen LogP contribution in [0.3, 0.4) is 0 Å². The van der Waals surface area contributed by atoms with Crippen molar-refractivity contribution in [3.63, 3.8) is 0 Å².